The fourth-order valence-electron chi connectivity index (χ4n) is 2.50. The molecule has 1 saturated carbocycles. The topological polar surface area (TPSA) is 29.1 Å². The molecule has 2 aromatic rings. The Kier molecular flexibility index (Phi) is 3.84. The molecule has 23 heavy (non-hydrogen) atoms. The smallest absolute Gasteiger partial charge is 0.343 e. The van der Waals surface area contributed by atoms with Crippen molar-refractivity contribution in [1.29, 1.82) is 0 Å². The Labute approximate surface area is 136 Å². The maximum absolute atomic E-state index is 12.5. The van der Waals surface area contributed by atoms with Crippen molar-refractivity contribution >= 4 is 17.5 Å². The quantitative estimate of drug-likeness (QED) is 0.856. The zero-order chi connectivity index (χ0) is 16.7. The molecule has 0 heterocycles. The van der Waals surface area contributed by atoms with Crippen LogP contribution in [0.5, 0.6) is 0 Å². The van der Waals surface area contributed by atoms with Crippen LogP contribution in [0.1, 0.15) is 34.3 Å². The summed E-state index contributed by atoms with van der Waals surface area (Å²) in [6.45, 7) is 0. The van der Waals surface area contributed by atoms with Crippen molar-refractivity contribution in [1.82, 2.24) is 5.32 Å². The lowest BCUT2D eigenvalue weighted by atomic mass is 10.0. The van der Waals surface area contributed by atoms with E-state index in [0.717, 1.165) is 30.5 Å². The molecule has 0 atom stereocenters. The number of rotatable bonds is 3. The zero-order valence-electron chi connectivity index (χ0n) is 12.0. The van der Waals surface area contributed by atoms with Crippen molar-refractivity contribution in [3.63, 3.8) is 0 Å². The van der Waals surface area contributed by atoms with E-state index in [-0.39, 0.29) is 5.56 Å². The van der Waals surface area contributed by atoms with Gasteiger partial charge in [-0.05, 0) is 54.8 Å². The first-order chi connectivity index (χ1) is 10.8. The normalized spacial score (nSPS) is 16.0. The fourth-order valence-corrected chi connectivity index (χ4v) is 2.69. The number of carbonyl (C=O) groups is 1. The van der Waals surface area contributed by atoms with Gasteiger partial charge in [-0.15, -0.1) is 0 Å². The molecule has 0 bridgehead atoms. The highest BCUT2D eigenvalue weighted by Gasteiger charge is 2.45. The number of alkyl halides is 3. The fraction of sp³-hybridized carbons (Fsp3) is 0.235. The Hall–Kier alpha value is -2.01. The van der Waals surface area contributed by atoms with Gasteiger partial charge in [-0.25, -0.2) is 0 Å². The maximum Gasteiger partial charge on any atom is 0.416 e. The van der Waals surface area contributed by atoms with E-state index in [1.165, 1.54) is 12.1 Å². The van der Waals surface area contributed by atoms with E-state index in [9.17, 15) is 18.0 Å². The zero-order valence-corrected chi connectivity index (χ0v) is 12.7. The second-order valence-corrected chi connectivity index (χ2v) is 6.06. The Bertz CT molecular complexity index is 736. The summed E-state index contributed by atoms with van der Waals surface area (Å²) in [5.74, 6) is -0.392. The molecule has 2 aromatic carbocycles. The number of amides is 1. The van der Waals surface area contributed by atoms with E-state index in [4.69, 9.17) is 11.6 Å². The molecule has 1 aliphatic carbocycles. The summed E-state index contributed by atoms with van der Waals surface area (Å²) in [4.78, 5) is 12.3. The third-order valence-electron chi connectivity index (χ3n) is 3.95. The minimum absolute atomic E-state index is 0.200. The first-order valence-corrected chi connectivity index (χ1v) is 7.44. The van der Waals surface area contributed by atoms with Crippen LogP contribution in [0.2, 0.25) is 5.02 Å². The summed E-state index contributed by atoms with van der Waals surface area (Å²) in [5.41, 5.74) is -0.133. The predicted octanol–water partition coefficient (Wildman–Crippen LogP) is 4.78. The van der Waals surface area contributed by atoms with Crippen LogP contribution in [0.25, 0.3) is 0 Å². The molecule has 3 rings (SSSR count). The molecule has 0 saturated heterocycles. The third-order valence-corrected chi connectivity index (χ3v) is 4.19. The highest BCUT2D eigenvalue weighted by Crippen LogP contribution is 2.46. The van der Waals surface area contributed by atoms with Gasteiger partial charge in [0.15, 0.2) is 0 Å². The Morgan fingerprint density at radius 1 is 1.09 bits per heavy atom. The second kappa shape index (κ2) is 5.57. The molecule has 6 heteroatoms. The first kappa shape index (κ1) is 15.9. The van der Waals surface area contributed by atoms with Gasteiger partial charge in [0.25, 0.3) is 5.91 Å². The lowest BCUT2D eigenvalue weighted by Gasteiger charge is -2.18. The SMILES string of the molecule is O=C(NC1(c2cccc(Cl)c2)CC1)c1ccc(C(F)(F)F)cc1. The van der Waals surface area contributed by atoms with E-state index in [1.807, 2.05) is 12.1 Å². The highest BCUT2D eigenvalue weighted by molar-refractivity contribution is 6.30. The van der Waals surface area contributed by atoms with Gasteiger partial charge in [-0.1, -0.05) is 23.7 Å². The van der Waals surface area contributed by atoms with Crippen molar-refractivity contribution in [3.8, 4) is 0 Å². The highest BCUT2D eigenvalue weighted by atomic mass is 35.5. The average molecular weight is 340 g/mol. The number of carbonyl (C=O) groups excluding carboxylic acids is 1. The third kappa shape index (κ3) is 3.34. The number of hydrogen-bond acceptors (Lipinski definition) is 1. The lowest BCUT2D eigenvalue weighted by molar-refractivity contribution is -0.137. The van der Waals surface area contributed by atoms with Crippen LogP contribution in [0, 0.1) is 0 Å². The van der Waals surface area contributed by atoms with Gasteiger partial charge in [0.05, 0.1) is 11.1 Å². The number of benzene rings is 2. The van der Waals surface area contributed by atoms with Crippen molar-refractivity contribution < 1.29 is 18.0 Å². The standard InChI is InChI=1S/C17H13ClF3NO/c18-14-3-1-2-13(10-14)16(8-9-16)22-15(23)11-4-6-12(7-5-11)17(19,20)21/h1-7,10H,8-9H2,(H,22,23). The van der Waals surface area contributed by atoms with Crippen molar-refractivity contribution in [2.45, 2.75) is 24.6 Å². The van der Waals surface area contributed by atoms with Gasteiger partial charge in [0, 0.05) is 10.6 Å². The van der Waals surface area contributed by atoms with Crippen molar-refractivity contribution in [2.24, 2.45) is 0 Å². The predicted molar refractivity (Wildman–Crippen MR) is 81.3 cm³/mol. The van der Waals surface area contributed by atoms with Gasteiger partial charge < -0.3 is 5.32 Å². The summed E-state index contributed by atoms with van der Waals surface area (Å²) in [5, 5.41) is 3.49. The maximum atomic E-state index is 12.5. The second-order valence-electron chi connectivity index (χ2n) is 5.62. The van der Waals surface area contributed by atoms with Gasteiger partial charge in [-0.2, -0.15) is 13.2 Å². The summed E-state index contributed by atoms with van der Waals surface area (Å²) in [6.07, 6.45) is -2.85. The largest absolute Gasteiger partial charge is 0.416 e. The summed E-state index contributed by atoms with van der Waals surface area (Å²) < 4.78 is 37.6. The van der Waals surface area contributed by atoms with Crippen LogP contribution in [0.4, 0.5) is 13.2 Å². The number of halogens is 4. The molecular weight excluding hydrogens is 327 g/mol. The molecule has 0 radical (unpaired) electrons. The molecule has 120 valence electrons. The van der Waals surface area contributed by atoms with Gasteiger partial charge in [0.2, 0.25) is 0 Å². The molecule has 0 aliphatic heterocycles. The Morgan fingerprint density at radius 2 is 1.74 bits per heavy atom. The van der Waals surface area contributed by atoms with E-state index >= 15 is 0 Å². The van der Waals surface area contributed by atoms with E-state index < -0.39 is 23.2 Å². The van der Waals surface area contributed by atoms with E-state index in [0.29, 0.717) is 5.02 Å². The molecule has 1 fully saturated rings. The van der Waals surface area contributed by atoms with Crippen LogP contribution in [-0.2, 0) is 11.7 Å². The van der Waals surface area contributed by atoms with Crippen LogP contribution in [0.15, 0.2) is 48.5 Å². The summed E-state index contributed by atoms with van der Waals surface area (Å²) in [6, 6.07) is 11.4. The molecule has 2 nitrogen and oxygen atoms in total. The van der Waals surface area contributed by atoms with Crippen LogP contribution in [0.3, 0.4) is 0 Å². The Balaban J connectivity index is 1.77. The van der Waals surface area contributed by atoms with E-state index in [1.54, 1.807) is 12.1 Å². The lowest BCUT2D eigenvalue weighted by Crippen LogP contribution is -2.34. The van der Waals surface area contributed by atoms with Gasteiger partial charge >= 0.3 is 6.18 Å². The molecule has 1 N–H and O–H groups in total. The van der Waals surface area contributed by atoms with E-state index in [2.05, 4.69) is 5.32 Å². The average Bonchev–Trinajstić information content (AvgIpc) is 3.27. The van der Waals surface area contributed by atoms with Crippen LogP contribution < -0.4 is 5.32 Å². The molecule has 1 amide bonds. The Morgan fingerprint density at radius 3 is 2.26 bits per heavy atom. The van der Waals surface area contributed by atoms with Crippen molar-refractivity contribution in [3.05, 3.63) is 70.2 Å². The van der Waals surface area contributed by atoms with Gasteiger partial charge in [0.1, 0.15) is 0 Å². The summed E-state index contributed by atoms with van der Waals surface area (Å²) in [7, 11) is 0. The molecule has 0 aromatic heterocycles. The van der Waals surface area contributed by atoms with Crippen LogP contribution in [-0.4, -0.2) is 5.91 Å². The van der Waals surface area contributed by atoms with Crippen molar-refractivity contribution in [2.75, 3.05) is 0 Å². The summed E-state index contributed by atoms with van der Waals surface area (Å²) >= 11 is 5.97. The van der Waals surface area contributed by atoms with Gasteiger partial charge in [-0.3, -0.25) is 4.79 Å². The first-order valence-electron chi connectivity index (χ1n) is 7.06. The molecular formula is C17H13ClF3NO. The minimum atomic E-state index is -4.41. The number of nitrogens with one attached hydrogen (secondary N) is 1. The minimum Gasteiger partial charge on any atom is -0.343 e. The molecule has 0 spiro atoms. The molecule has 0 unspecified atom stereocenters. The monoisotopic (exact) mass is 339 g/mol. The number of hydrogen-bond donors (Lipinski definition) is 1. The van der Waals surface area contributed by atoms with Crippen LogP contribution >= 0.6 is 11.6 Å². The molecule has 1 aliphatic rings.